The Morgan fingerprint density at radius 1 is 1.42 bits per heavy atom. The van der Waals surface area contributed by atoms with Crippen molar-refractivity contribution in [2.24, 2.45) is 0 Å². The minimum atomic E-state index is 0.672. The summed E-state index contributed by atoms with van der Waals surface area (Å²) in [6, 6.07) is 6.76. The summed E-state index contributed by atoms with van der Waals surface area (Å²) >= 11 is 2.25. The van der Waals surface area contributed by atoms with Gasteiger partial charge in [-0.15, -0.1) is 0 Å². The molecule has 0 heterocycles. The van der Waals surface area contributed by atoms with Crippen LogP contribution in [0.5, 0.6) is 0 Å². The fraction of sp³-hybridized carbons (Fsp3) is 0.333. The van der Waals surface area contributed by atoms with E-state index in [1.807, 2.05) is 18.2 Å². The molecule has 0 spiro atoms. The van der Waals surface area contributed by atoms with E-state index in [4.69, 9.17) is 5.73 Å². The average Bonchev–Trinajstić information content (AvgIpc) is 2.83. The Morgan fingerprint density at radius 2 is 2.17 bits per heavy atom. The van der Waals surface area contributed by atoms with Crippen LogP contribution < -0.4 is 11.1 Å². The summed E-state index contributed by atoms with van der Waals surface area (Å²) < 4.78 is 1.12. The van der Waals surface area contributed by atoms with Gasteiger partial charge in [0.2, 0.25) is 0 Å². The maximum Gasteiger partial charge on any atom is 0.0685 e. The second-order valence-corrected chi connectivity index (χ2v) is 4.28. The topological polar surface area (TPSA) is 38.0 Å². The molecule has 1 saturated carbocycles. The first-order valence-corrected chi connectivity index (χ1v) is 5.16. The van der Waals surface area contributed by atoms with Crippen LogP contribution in [-0.2, 0) is 0 Å². The van der Waals surface area contributed by atoms with Crippen LogP contribution in [0.1, 0.15) is 12.8 Å². The molecule has 0 amide bonds. The molecule has 1 aromatic carbocycles. The van der Waals surface area contributed by atoms with E-state index < -0.39 is 0 Å². The van der Waals surface area contributed by atoms with Crippen molar-refractivity contribution in [1.29, 1.82) is 0 Å². The molecule has 0 atom stereocenters. The lowest BCUT2D eigenvalue weighted by Gasteiger charge is -2.08. The van der Waals surface area contributed by atoms with Crippen LogP contribution in [0.2, 0.25) is 0 Å². The largest absolute Gasteiger partial charge is 0.396 e. The average molecular weight is 274 g/mol. The lowest BCUT2D eigenvalue weighted by Crippen LogP contribution is -2.04. The van der Waals surface area contributed by atoms with Crippen molar-refractivity contribution in [3.63, 3.8) is 0 Å². The summed E-state index contributed by atoms with van der Waals surface area (Å²) in [6.07, 6.45) is 2.57. The molecule has 1 fully saturated rings. The molecule has 1 aliphatic carbocycles. The lowest BCUT2D eigenvalue weighted by atomic mass is 10.2. The Bertz CT molecular complexity index is 295. The second kappa shape index (κ2) is 3.12. The number of nitrogens with one attached hydrogen (secondary N) is 1. The highest BCUT2D eigenvalue weighted by Crippen LogP contribution is 2.30. The number of hydrogen-bond acceptors (Lipinski definition) is 2. The van der Waals surface area contributed by atoms with Crippen LogP contribution in [0, 0.1) is 3.57 Å². The number of nitrogen functional groups attached to an aromatic ring is 1. The summed E-state index contributed by atoms with van der Waals surface area (Å²) in [7, 11) is 0. The Hall–Kier alpha value is -0.450. The minimum Gasteiger partial charge on any atom is -0.396 e. The van der Waals surface area contributed by atoms with E-state index in [0.29, 0.717) is 6.04 Å². The highest BCUT2D eigenvalue weighted by atomic mass is 127. The minimum absolute atomic E-state index is 0.672. The zero-order chi connectivity index (χ0) is 8.55. The summed E-state index contributed by atoms with van der Waals surface area (Å²) in [5.41, 5.74) is 7.86. The van der Waals surface area contributed by atoms with Crippen LogP contribution in [-0.4, -0.2) is 6.04 Å². The van der Waals surface area contributed by atoms with Gasteiger partial charge in [-0.05, 0) is 47.6 Å². The Labute approximate surface area is 85.7 Å². The molecule has 2 nitrogen and oxygen atoms in total. The fourth-order valence-corrected chi connectivity index (χ4v) is 1.61. The van der Waals surface area contributed by atoms with E-state index >= 15 is 0 Å². The maximum atomic E-state index is 5.89. The Balaban J connectivity index is 2.23. The van der Waals surface area contributed by atoms with Crippen molar-refractivity contribution in [3.05, 3.63) is 21.8 Å². The van der Waals surface area contributed by atoms with Crippen LogP contribution in [0.4, 0.5) is 11.4 Å². The molecule has 2 rings (SSSR count). The predicted octanol–water partition coefficient (Wildman–Crippen LogP) is 2.45. The molecule has 0 bridgehead atoms. The van der Waals surface area contributed by atoms with Gasteiger partial charge in [-0.3, -0.25) is 0 Å². The lowest BCUT2D eigenvalue weighted by molar-refractivity contribution is 1.16. The molecule has 3 N–H and O–H groups in total. The van der Waals surface area contributed by atoms with Crippen molar-refractivity contribution in [2.75, 3.05) is 11.1 Å². The zero-order valence-corrected chi connectivity index (χ0v) is 8.84. The van der Waals surface area contributed by atoms with Crippen LogP contribution in [0.3, 0.4) is 0 Å². The van der Waals surface area contributed by atoms with Crippen molar-refractivity contribution in [3.8, 4) is 0 Å². The Kier molecular flexibility index (Phi) is 2.12. The molecule has 1 aliphatic rings. The van der Waals surface area contributed by atoms with Crippen LogP contribution in [0.15, 0.2) is 18.2 Å². The van der Waals surface area contributed by atoms with Gasteiger partial charge >= 0.3 is 0 Å². The fourth-order valence-electron chi connectivity index (χ4n) is 1.11. The van der Waals surface area contributed by atoms with E-state index in [2.05, 4.69) is 27.9 Å². The van der Waals surface area contributed by atoms with E-state index in [9.17, 15) is 0 Å². The van der Waals surface area contributed by atoms with E-state index in [1.54, 1.807) is 0 Å². The first kappa shape index (κ1) is 8.16. The van der Waals surface area contributed by atoms with Gasteiger partial charge in [-0.2, -0.15) is 0 Å². The first-order chi connectivity index (χ1) is 5.77. The van der Waals surface area contributed by atoms with Crippen molar-refractivity contribution < 1.29 is 0 Å². The molecule has 0 unspecified atom stereocenters. The number of nitrogens with two attached hydrogens (primary N) is 1. The third kappa shape index (κ3) is 1.65. The van der Waals surface area contributed by atoms with Gasteiger partial charge in [-0.25, -0.2) is 0 Å². The molecule has 3 heteroatoms. The summed E-state index contributed by atoms with van der Waals surface area (Å²) in [5.74, 6) is 0. The number of benzene rings is 1. The smallest absolute Gasteiger partial charge is 0.0685 e. The predicted molar refractivity (Wildman–Crippen MR) is 60.2 cm³/mol. The quantitative estimate of drug-likeness (QED) is 0.642. The van der Waals surface area contributed by atoms with Crippen molar-refractivity contribution >= 4 is 34.0 Å². The summed E-state index contributed by atoms with van der Waals surface area (Å²) in [5, 5.41) is 3.40. The molecule has 64 valence electrons. The van der Waals surface area contributed by atoms with E-state index in [1.165, 1.54) is 12.8 Å². The van der Waals surface area contributed by atoms with Crippen molar-refractivity contribution in [1.82, 2.24) is 0 Å². The zero-order valence-electron chi connectivity index (χ0n) is 6.68. The van der Waals surface area contributed by atoms with Gasteiger partial charge in [0, 0.05) is 9.61 Å². The number of rotatable bonds is 2. The molecular formula is C9H11IN2. The molecule has 0 aliphatic heterocycles. The third-order valence-corrected chi connectivity index (χ3v) is 2.93. The molecule has 0 radical (unpaired) electrons. The highest BCUT2D eigenvalue weighted by molar-refractivity contribution is 14.1. The van der Waals surface area contributed by atoms with Gasteiger partial charge in [0.25, 0.3) is 0 Å². The maximum absolute atomic E-state index is 5.89. The molecule has 0 aromatic heterocycles. The first-order valence-electron chi connectivity index (χ1n) is 4.08. The van der Waals surface area contributed by atoms with E-state index in [0.717, 1.165) is 14.9 Å². The summed E-state index contributed by atoms with van der Waals surface area (Å²) in [4.78, 5) is 0. The number of para-hydroxylation sites is 1. The monoisotopic (exact) mass is 274 g/mol. The molecule has 12 heavy (non-hydrogen) atoms. The molecule has 0 saturated heterocycles. The number of hydrogen-bond donors (Lipinski definition) is 2. The molecular weight excluding hydrogens is 263 g/mol. The van der Waals surface area contributed by atoms with Gasteiger partial charge in [0.05, 0.1) is 11.4 Å². The summed E-state index contributed by atoms with van der Waals surface area (Å²) in [6.45, 7) is 0. The van der Waals surface area contributed by atoms with Gasteiger partial charge in [0.15, 0.2) is 0 Å². The van der Waals surface area contributed by atoms with E-state index in [-0.39, 0.29) is 0 Å². The standard InChI is InChI=1S/C9H11IN2/c10-7-2-1-3-8(9(7)11)12-6-4-5-6/h1-3,6,12H,4-5,11H2. The second-order valence-electron chi connectivity index (χ2n) is 3.12. The normalized spacial score (nSPS) is 16.1. The van der Waals surface area contributed by atoms with Gasteiger partial charge in [-0.1, -0.05) is 6.07 Å². The van der Waals surface area contributed by atoms with Crippen LogP contribution in [0.25, 0.3) is 0 Å². The molecule has 1 aromatic rings. The van der Waals surface area contributed by atoms with Gasteiger partial charge < -0.3 is 11.1 Å². The number of anilines is 2. The highest BCUT2D eigenvalue weighted by Gasteiger charge is 2.21. The Morgan fingerprint density at radius 3 is 2.83 bits per heavy atom. The number of halogens is 1. The van der Waals surface area contributed by atoms with Crippen molar-refractivity contribution in [2.45, 2.75) is 18.9 Å². The SMILES string of the molecule is Nc1c(I)cccc1NC1CC1. The van der Waals surface area contributed by atoms with Gasteiger partial charge in [0.1, 0.15) is 0 Å². The third-order valence-electron chi connectivity index (χ3n) is 1.99. The van der Waals surface area contributed by atoms with Crippen LogP contribution >= 0.6 is 22.6 Å².